The molecule has 0 aromatic rings. The van der Waals surface area contributed by atoms with E-state index in [-0.39, 0.29) is 6.32 Å². The molecule has 2 atom stereocenters. The molecule has 2 rings (SSSR count). The molecule has 2 saturated heterocycles. The third kappa shape index (κ3) is 5.86. The molecule has 2 aliphatic rings. The second-order valence-electron chi connectivity index (χ2n) is 6.10. The molecule has 0 aromatic carbocycles. The molecule has 0 aliphatic carbocycles. The van der Waals surface area contributed by atoms with Crippen molar-refractivity contribution in [2.24, 2.45) is 0 Å². The highest BCUT2D eigenvalue weighted by atomic mass is 19.4. The Morgan fingerprint density at radius 3 is 1.70 bits per heavy atom. The maximum atomic E-state index is 12.7. The molecule has 2 fully saturated rings. The fraction of sp³-hybridized carbons (Fsp3) is 0.714. The summed E-state index contributed by atoms with van der Waals surface area (Å²) in [4.78, 5) is 25.5. The molecule has 152 valence electrons. The predicted octanol–water partition coefficient (Wildman–Crippen LogP) is 1.63. The SMILES string of the molecule is C/C=C\CB1O[C@@H]2C(=O)N(CC(F)(F)F)CCN(CC(F)(F)F)C(=O)[C@H]2O1. The van der Waals surface area contributed by atoms with Gasteiger partial charge in [0.1, 0.15) is 13.1 Å². The predicted molar refractivity (Wildman–Crippen MR) is 80.4 cm³/mol. The summed E-state index contributed by atoms with van der Waals surface area (Å²) >= 11 is 0. The zero-order chi connectivity index (χ0) is 20.4. The minimum Gasteiger partial charge on any atom is -0.396 e. The number of hydrogen-bond donors (Lipinski definition) is 0. The van der Waals surface area contributed by atoms with E-state index in [2.05, 4.69) is 0 Å². The second-order valence-corrected chi connectivity index (χ2v) is 6.10. The van der Waals surface area contributed by atoms with Crippen molar-refractivity contribution in [1.29, 1.82) is 0 Å². The van der Waals surface area contributed by atoms with Gasteiger partial charge in [0, 0.05) is 19.4 Å². The van der Waals surface area contributed by atoms with Crippen LogP contribution in [0.15, 0.2) is 12.2 Å². The van der Waals surface area contributed by atoms with Crippen molar-refractivity contribution in [3.05, 3.63) is 12.2 Å². The smallest absolute Gasteiger partial charge is 0.396 e. The summed E-state index contributed by atoms with van der Waals surface area (Å²) in [5.74, 6) is -2.28. The van der Waals surface area contributed by atoms with E-state index in [0.29, 0.717) is 9.80 Å². The number of carbonyl (C=O) groups is 2. The van der Waals surface area contributed by atoms with Gasteiger partial charge in [-0.1, -0.05) is 12.2 Å². The molecule has 0 radical (unpaired) electrons. The van der Waals surface area contributed by atoms with Gasteiger partial charge in [-0.15, -0.1) is 0 Å². The maximum absolute atomic E-state index is 12.7. The molecule has 13 heteroatoms. The molecule has 2 amide bonds. The van der Waals surface area contributed by atoms with Crippen LogP contribution in [0.1, 0.15) is 6.92 Å². The Kier molecular flexibility index (Phi) is 6.45. The second kappa shape index (κ2) is 8.09. The van der Waals surface area contributed by atoms with Crippen molar-refractivity contribution in [2.75, 3.05) is 26.2 Å². The van der Waals surface area contributed by atoms with Gasteiger partial charge in [0.2, 0.25) is 0 Å². The monoisotopic (exact) mass is 402 g/mol. The summed E-state index contributed by atoms with van der Waals surface area (Å²) in [6.07, 6.45) is -9.71. The Morgan fingerprint density at radius 2 is 1.37 bits per heavy atom. The van der Waals surface area contributed by atoms with E-state index < -0.39 is 69.7 Å². The van der Waals surface area contributed by atoms with E-state index >= 15 is 0 Å². The lowest BCUT2D eigenvalue weighted by Crippen LogP contribution is -2.58. The van der Waals surface area contributed by atoms with E-state index in [1.807, 2.05) is 0 Å². The lowest BCUT2D eigenvalue weighted by atomic mass is 9.85. The van der Waals surface area contributed by atoms with Gasteiger partial charge in [0.05, 0.1) is 0 Å². The van der Waals surface area contributed by atoms with Crippen molar-refractivity contribution in [3.8, 4) is 0 Å². The molecular weight excluding hydrogens is 385 g/mol. The number of amides is 2. The van der Waals surface area contributed by atoms with Crippen LogP contribution in [0.5, 0.6) is 0 Å². The fourth-order valence-corrected chi connectivity index (χ4v) is 2.80. The first-order chi connectivity index (χ1) is 12.4. The van der Waals surface area contributed by atoms with E-state index in [1.54, 1.807) is 19.1 Å². The molecule has 0 bridgehead atoms. The average molecular weight is 402 g/mol. The van der Waals surface area contributed by atoms with Crippen LogP contribution >= 0.6 is 0 Å². The Balaban J connectivity index is 2.29. The van der Waals surface area contributed by atoms with Crippen LogP contribution in [0.4, 0.5) is 26.3 Å². The van der Waals surface area contributed by atoms with Crippen LogP contribution in [0.2, 0.25) is 6.32 Å². The standard InChI is InChI=1S/C14H17BF6N2O4/c1-2-3-4-15-26-9-10(27-15)12(25)23(8-14(19,20)21)6-5-22(11(9)24)7-13(16,17)18/h2-3,9-10H,4-8H2,1H3/b3-2-/t9-,10-/m0/s1. The van der Waals surface area contributed by atoms with Gasteiger partial charge in [-0.05, 0) is 6.92 Å². The highest BCUT2D eigenvalue weighted by molar-refractivity contribution is 6.46. The topological polar surface area (TPSA) is 59.1 Å². The lowest BCUT2D eigenvalue weighted by Gasteiger charge is -2.35. The summed E-state index contributed by atoms with van der Waals surface area (Å²) in [7, 11) is -1.12. The highest BCUT2D eigenvalue weighted by Crippen LogP contribution is 2.28. The number of hydrogen-bond acceptors (Lipinski definition) is 4. The Morgan fingerprint density at radius 1 is 0.963 bits per heavy atom. The zero-order valence-corrected chi connectivity index (χ0v) is 14.2. The van der Waals surface area contributed by atoms with Gasteiger partial charge in [-0.2, -0.15) is 26.3 Å². The molecule has 0 N–H and O–H groups in total. The molecule has 2 aliphatic heterocycles. The third-order valence-corrected chi connectivity index (χ3v) is 3.93. The molecule has 0 aromatic heterocycles. The highest BCUT2D eigenvalue weighted by Gasteiger charge is 2.52. The number of allylic oxidation sites excluding steroid dienone is 2. The van der Waals surface area contributed by atoms with Crippen molar-refractivity contribution in [3.63, 3.8) is 0 Å². The van der Waals surface area contributed by atoms with Gasteiger partial charge >= 0.3 is 19.5 Å². The van der Waals surface area contributed by atoms with E-state index in [9.17, 15) is 35.9 Å². The Bertz CT molecular complexity index is 553. The number of halogens is 6. The van der Waals surface area contributed by atoms with E-state index in [0.717, 1.165) is 0 Å². The summed E-state index contributed by atoms with van der Waals surface area (Å²) in [5.41, 5.74) is 0. The van der Waals surface area contributed by atoms with Gasteiger partial charge in [0.15, 0.2) is 12.2 Å². The molecule has 27 heavy (non-hydrogen) atoms. The number of nitrogens with zero attached hydrogens (tertiary/aromatic N) is 2. The first-order valence-corrected chi connectivity index (χ1v) is 8.04. The number of alkyl halides is 6. The van der Waals surface area contributed by atoms with Crippen molar-refractivity contribution in [2.45, 2.75) is 37.8 Å². The van der Waals surface area contributed by atoms with Crippen LogP contribution in [0.25, 0.3) is 0 Å². The fourth-order valence-electron chi connectivity index (χ4n) is 2.80. The largest absolute Gasteiger partial charge is 0.462 e. The van der Waals surface area contributed by atoms with Crippen LogP contribution in [-0.2, 0) is 18.9 Å². The van der Waals surface area contributed by atoms with Crippen LogP contribution in [0, 0.1) is 0 Å². The van der Waals surface area contributed by atoms with Crippen molar-refractivity contribution < 1.29 is 45.2 Å². The minimum absolute atomic E-state index is 0.0859. The molecule has 6 nitrogen and oxygen atoms in total. The molecule has 0 unspecified atom stereocenters. The summed E-state index contributed by atoms with van der Waals surface area (Å²) in [6.45, 7) is -3.05. The van der Waals surface area contributed by atoms with Crippen molar-refractivity contribution >= 4 is 18.9 Å². The zero-order valence-electron chi connectivity index (χ0n) is 14.2. The van der Waals surface area contributed by atoms with Gasteiger partial charge < -0.3 is 19.1 Å². The van der Waals surface area contributed by atoms with Crippen LogP contribution < -0.4 is 0 Å². The number of fused-ring (bicyclic) bond motifs is 1. The Labute approximate surface area is 151 Å². The summed E-state index contributed by atoms with van der Waals surface area (Å²) in [5, 5.41) is 0. The van der Waals surface area contributed by atoms with Gasteiger partial charge in [-0.3, -0.25) is 9.59 Å². The first-order valence-electron chi connectivity index (χ1n) is 8.04. The third-order valence-electron chi connectivity index (χ3n) is 3.93. The Hall–Kier alpha value is -1.76. The quantitative estimate of drug-likeness (QED) is 0.408. The van der Waals surface area contributed by atoms with E-state index in [1.165, 1.54) is 0 Å². The number of carbonyl (C=O) groups excluding carboxylic acids is 2. The van der Waals surface area contributed by atoms with Gasteiger partial charge in [0.25, 0.3) is 11.8 Å². The average Bonchev–Trinajstić information content (AvgIpc) is 2.95. The van der Waals surface area contributed by atoms with Crippen LogP contribution in [-0.4, -0.2) is 79.5 Å². The summed E-state index contributed by atoms with van der Waals surface area (Å²) in [6, 6.07) is 0. The molecule has 2 heterocycles. The normalized spacial score (nSPS) is 25.2. The van der Waals surface area contributed by atoms with E-state index in [4.69, 9.17) is 9.31 Å². The van der Waals surface area contributed by atoms with Gasteiger partial charge in [-0.25, -0.2) is 0 Å². The first kappa shape index (κ1) is 21.5. The molecule has 0 saturated carbocycles. The number of rotatable bonds is 4. The minimum atomic E-state index is -4.76. The molecule has 0 spiro atoms. The lowest BCUT2D eigenvalue weighted by molar-refractivity contribution is -0.178. The maximum Gasteiger partial charge on any atom is 0.462 e. The molecular formula is C14H17BF6N2O4. The van der Waals surface area contributed by atoms with Crippen molar-refractivity contribution in [1.82, 2.24) is 9.80 Å². The summed E-state index contributed by atoms with van der Waals surface area (Å²) < 4.78 is 87.0. The van der Waals surface area contributed by atoms with Crippen LogP contribution in [0.3, 0.4) is 0 Å².